The summed E-state index contributed by atoms with van der Waals surface area (Å²) in [4.78, 5) is 15.3. The minimum Gasteiger partial charge on any atom is -0.365 e. The minimum atomic E-state index is -0.601. The number of primary amides is 1. The number of aromatic nitrogens is 2. The fourth-order valence-electron chi connectivity index (χ4n) is 2.78. The maximum absolute atomic E-state index is 13.9. The summed E-state index contributed by atoms with van der Waals surface area (Å²) < 4.78 is 15.8. The van der Waals surface area contributed by atoms with E-state index in [0.717, 1.165) is 25.0 Å². The van der Waals surface area contributed by atoms with E-state index in [2.05, 4.69) is 4.98 Å². The molecule has 20 heavy (non-hydrogen) atoms. The maximum Gasteiger partial charge on any atom is 0.252 e. The zero-order chi connectivity index (χ0) is 14.3. The largest absolute Gasteiger partial charge is 0.365 e. The molecule has 2 aromatic rings. The Hall–Kier alpha value is -1.88. The molecular weight excluding hydrogens is 281 g/mol. The second-order valence-corrected chi connectivity index (χ2v) is 5.18. The van der Waals surface area contributed by atoms with E-state index in [-0.39, 0.29) is 5.02 Å². The smallest absolute Gasteiger partial charge is 0.252 e. The lowest BCUT2D eigenvalue weighted by Crippen LogP contribution is -2.17. The third kappa shape index (κ3) is 1.89. The van der Waals surface area contributed by atoms with E-state index in [9.17, 15) is 9.18 Å². The molecular formula is C14H13ClFN3O. The summed E-state index contributed by atoms with van der Waals surface area (Å²) in [6, 6.07) is 3.25. The number of halogens is 2. The monoisotopic (exact) mass is 293 g/mol. The van der Waals surface area contributed by atoms with Crippen molar-refractivity contribution in [2.75, 3.05) is 0 Å². The molecule has 0 fully saturated rings. The number of rotatable bonds is 2. The van der Waals surface area contributed by atoms with E-state index in [1.54, 1.807) is 12.1 Å². The topological polar surface area (TPSA) is 60.9 Å². The first-order valence-electron chi connectivity index (χ1n) is 6.42. The SMILES string of the molecule is NC(=O)c1c(Cl)c(-c2cccnc2F)n2c1CCCC2. The lowest BCUT2D eigenvalue weighted by atomic mass is 10.1. The van der Waals surface area contributed by atoms with Gasteiger partial charge >= 0.3 is 0 Å². The fourth-order valence-corrected chi connectivity index (χ4v) is 3.19. The third-order valence-corrected chi connectivity index (χ3v) is 3.99. The molecule has 2 N–H and O–H groups in total. The van der Waals surface area contributed by atoms with Crippen molar-refractivity contribution in [3.05, 3.63) is 40.6 Å². The third-order valence-electron chi connectivity index (χ3n) is 3.62. The minimum absolute atomic E-state index is 0.223. The van der Waals surface area contributed by atoms with Gasteiger partial charge in [-0.3, -0.25) is 4.79 Å². The van der Waals surface area contributed by atoms with E-state index >= 15 is 0 Å². The Labute approximate surface area is 120 Å². The summed E-state index contributed by atoms with van der Waals surface area (Å²) in [5.41, 5.74) is 7.33. The molecule has 2 aromatic heterocycles. The predicted octanol–water partition coefficient (Wildman–Crippen LogP) is 2.78. The van der Waals surface area contributed by atoms with Crippen LogP contribution in [0.15, 0.2) is 18.3 Å². The van der Waals surface area contributed by atoms with Gasteiger partial charge in [-0.2, -0.15) is 4.39 Å². The second-order valence-electron chi connectivity index (χ2n) is 4.80. The first-order valence-corrected chi connectivity index (χ1v) is 6.80. The Bertz CT molecular complexity index is 696. The molecule has 0 radical (unpaired) electrons. The molecule has 0 saturated heterocycles. The zero-order valence-electron chi connectivity index (χ0n) is 10.7. The van der Waals surface area contributed by atoms with Gasteiger partial charge in [0.1, 0.15) is 0 Å². The van der Waals surface area contributed by atoms with Crippen LogP contribution in [-0.4, -0.2) is 15.5 Å². The molecule has 0 bridgehead atoms. The summed E-state index contributed by atoms with van der Waals surface area (Å²) in [6.07, 6.45) is 4.03. The highest BCUT2D eigenvalue weighted by molar-refractivity contribution is 6.36. The van der Waals surface area contributed by atoms with E-state index in [4.69, 9.17) is 17.3 Å². The highest BCUT2D eigenvalue weighted by atomic mass is 35.5. The van der Waals surface area contributed by atoms with Gasteiger partial charge in [-0.25, -0.2) is 4.98 Å². The Morgan fingerprint density at radius 3 is 2.95 bits per heavy atom. The van der Waals surface area contributed by atoms with Crippen LogP contribution in [-0.2, 0) is 13.0 Å². The number of carbonyl (C=O) groups excluding carboxylic acids is 1. The van der Waals surface area contributed by atoms with Crippen LogP contribution in [0.4, 0.5) is 4.39 Å². The van der Waals surface area contributed by atoms with Crippen molar-refractivity contribution in [3.8, 4) is 11.3 Å². The molecule has 0 spiro atoms. The average Bonchev–Trinajstić information content (AvgIpc) is 2.71. The Morgan fingerprint density at radius 2 is 2.25 bits per heavy atom. The van der Waals surface area contributed by atoms with Crippen LogP contribution in [0.3, 0.4) is 0 Å². The van der Waals surface area contributed by atoms with Gasteiger partial charge in [0.05, 0.1) is 21.8 Å². The van der Waals surface area contributed by atoms with Crippen molar-refractivity contribution in [1.29, 1.82) is 0 Å². The van der Waals surface area contributed by atoms with Gasteiger partial charge in [0.2, 0.25) is 5.95 Å². The lowest BCUT2D eigenvalue weighted by Gasteiger charge is -2.18. The van der Waals surface area contributed by atoms with E-state index in [1.807, 2.05) is 4.57 Å². The number of hydrogen-bond donors (Lipinski definition) is 1. The Balaban J connectivity index is 2.31. The Morgan fingerprint density at radius 1 is 1.45 bits per heavy atom. The average molecular weight is 294 g/mol. The number of amides is 1. The molecule has 3 rings (SSSR count). The highest BCUT2D eigenvalue weighted by Gasteiger charge is 2.28. The first kappa shape index (κ1) is 13.1. The van der Waals surface area contributed by atoms with Gasteiger partial charge in [-0.05, 0) is 31.4 Å². The molecule has 0 saturated carbocycles. The van der Waals surface area contributed by atoms with Crippen LogP contribution in [0.25, 0.3) is 11.3 Å². The molecule has 1 aliphatic heterocycles. The van der Waals surface area contributed by atoms with Crippen LogP contribution in [0, 0.1) is 5.95 Å². The van der Waals surface area contributed by atoms with Gasteiger partial charge in [-0.1, -0.05) is 11.6 Å². The summed E-state index contributed by atoms with van der Waals surface area (Å²) in [5.74, 6) is -1.17. The summed E-state index contributed by atoms with van der Waals surface area (Å²) in [6.45, 7) is 0.700. The van der Waals surface area contributed by atoms with Crippen molar-refractivity contribution >= 4 is 17.5 Å². The maximum atomic E-state index is 13.9. The number of fused-ring (bicyclic) bond motifs is 1. The molecule has 0 unspecified atom stereocenters. The molecule has 3 heterocycles. The molecule has 1 amide bonds. The van der Waals surface area contributed by atoms with Crippen LogP contribution >= 0.6 is 11.6 Å². The van der Waals surface area contributed by atoms with Crippen LogP contribution < -0.4 is 5.73 Å². The molecule has 0 aliphatic carbocycles. The number of carbonyl (C=O) groups is 1. The number of nitrogens with two attached hydrogens (primary N) is 1. The predicted molar refractivity (Wildman–Crippen MR) is 74.1 cm³/mol. The van der Waals surface area contributed by atoms with Gasteiger partial charge in [-0.15, -0.1) is 0 Å². The summed E-state index contributed by atoms with van der Waals surface area (Å²) >= 11 is 6.31. The number of hydrogen-bond acceptors (Lipinski definition) is 2. The molecule has 1 aliphatic rings. The molecule has 104 valence electrons. The van der Waals surface area contributed by atoms with Gasteiger partial charge in [0.25, 0.3) is 5.91 Å². The fraction of sp³-hybridized carbons (Fsp3) is 0.286. The normalized spacial score (nSPS) is 14.1. The van der Waals surface area contributed by atoms with Crippen LogP contribution in [0.5, 0.6) is 0 Å². The van der Waals surface area contributed by atoms with Crippen molar-refractivity contribution in [2.45, 2.75) is 25.8 Å². The van der Waals surface area contributed by atoms with Crippen molar-refractivity contribution in [3.63, 3.8) is 0 Å². The number of pyridine rings is 1. The van der Waals surface area contributed by atoms with Crippen molar-refractivity contribution in [1.82, 2.24) is 9.55 Å². The van der Waals surface area contributed by atoms with E-state index in [0.29, 0.717) is 23.4 Å². The van der Waals surface area contributed by atoms with Gasteiger partial charge in [0, 0.05) is 18.4 Å². The summed E-state index contributed by atoms with van der Waals surface area (Å²) in [7, 11) is 0. The first-order chi connectivity index (χ1) is 9.61. The van der Waals surface area contributed by atoms with Crippen LogP contribution in [0.1, 0.15) is 28.9 Å². The quantitative estimate of drug-likeness (QED) is 0.866. The lowest BCUT2D eigenvalue weighted by molar-refractivity contribution is 0.0999. The zero-order valence-corrected chi connectivity index (χ0v) is 11.5. The number of nitrogens with zero attached hydrogens (tertiary/aromatic N) is 2. The Kier molecular flexibility index (Phi) is 3.22. The molecule has 4 nitrogen and oxygen atoms in total. The standard InChI is InChI=1S/C14H13ClFN3O/c15-11-10(14(17)20)9-5-1-2-7-19(9)12(11)8-4-3-6-18-13(8)16/h3-4,6H,1-2,5,7H2,(H2,17,20). The van der Waals surface area contributed by atoms with Gasteiger partial charge in [0.15, 0.2) is 0 Å². The molecule has 0 aromatic carbocycles. The van der Waals surface area contributed by atoms with E-state index in [1.165, 1.54) is 6.20 Å². The van der Waals surface area contributed by atoms with E-state index < -0.39 is 11.9 Å². The second kappa shape index (κ2) is 4.90. The van der Waals surface area contributed by atoms with Crippen molar-refractivity contribution < 1.29 is 9.18 Å². The molecule has 6 heteroatoms. The highest BCUT2D eigenvalue weighted by Crippen LogP contribution is 2.38. The summed E-state index contributed by atoms with van der Waals surface area (Å²) in [5, 5.41) is 0.223. The van der Waals surface area contributed by atoms with Gasteiger partial charge < -0.3 is 10.3 Å². The van der Waals surface area contributed by atoms with Crippen LogP contribution in [0.2, 0.25) is 5.02 Å². The molecule has 0 atom stereocenters. The van der Waals surface area contributed by atoms with Crippen molar-refractivity contribution in [2.24, 2.45) is 5.73 Å².